The Bertz CT molecular complexity index is 263. The Morgan fingerprint density at radius 1 is 0.810 bits per heavy atom. The quantitative estimate of drug-likeness (QED) is 0.192. The lowest BCUT2D eigenvalue weighted by Crippen LogP contribution is -2.46. The second-order valence-electron chi connectivity index (χ2n) is 4.87. The topological polar surface area (TPSA) is 160 Å². The maximum atomic E-state index is 9.72. The molecule has 0 saturated heterocycles. The summed E-state index contributed by atoms with van der Waals surface area (Å²) in [5.41, 5.74) is 0. The second kappa shape index (κ2) is 10.4. The van der Waals surface area contributed by atoms with E-state index in [-0.39, 0.29) is 6.61 Å². The maximum absolute atomic E-state index is 9.72. The molecule has 21 heavy (non-hydrogen) atoms. The molecule has 0 aromatic heterocycles. The van der Waals surface area contributed by atoms with E-state index < -0.39 is 56.1 Å². The van der Waals surface area contributed by atoms with Gasteiger partial charge in [-0.1, -0.05) is 0 Å². The summed E-state index contributed by atoms with van der Waals surface area (Å²) in [7, 11) is 0. The fourth-order valence-corrected chi connectivity index (χ4v) is 1.37. The highest BCUT2D eigenvalue weighted by atomic mass is 16.7. The first-order valence-electron chi connectivity index (χ1n) is 6.63. The van der Waals surface area contributed by atoms with E-state index in [9.17, 15) is 25.5 Å². The first-order valence-corrected chi connectivity index (χ1v) is 6.63. The van der Waals surface area contributed by atoms with Gasteiger partial charge in [0.15, 0.2) is 6.29 Å². The third kappa shape index (κ3) is 7.45. The lowest BCUT2D eigenvalue weighted by Gasteiger charge is -2.29. The van der Waals surface area contributed by atoms with Gasteiger partial charge in [0.2, 0.25) is 0 Å². The molecule has 0 fully saturated rings. The molecule has 9 heteroatoms. The summed E-state index contributed by atoms with van der Waals surface area (Å²) < 4.78 is 10.2. The van der Waals surface area contributed by atoms with Gasteiger partial charge in [-0.2, -0.15) is 0 Å². The van der Waals surface area contributed by atoms with Gasteiger partial charge in [-0.25, -0.2) is 0 Å². The number of hydrogen-bond donors (Lipinski definition) is 7. The molecule has 7 atom stereocenters. The van der Waals surface area contributed by atoms with Gasteiger partial charge in [0.1, 0.15) is 24.4 Å². The summed E-state index contributed by atoms with van der Waals surface area (Å²) in [4.78, 5) is 0. The normalized spacial score (nSPS) is 22.1. The summed E-state index contributed by atoms with van der Waals surface area (Å²) in [5, 5.41) is 64.8. The van der Waals surface area contributed by atoms with Gasteiger partial charge in [-0.3, -0.25) is 0 Å². The molecule has 0 aromatic carbocycles. The van der Waals surface area contributed by atoms with Crippen LogP contribution in [0, 0.1) is 0 Å². The zero-order valence-electron chi connectivity index (χ0n) is 12.1. The minimum Gasteiger partial charge on any atom is -0.394 e. The Balaban J connectivity index is 4.53. The van der Waals surface area contributed by atoms with Crippen molar-refractivity contribution < 1.29 is 45.2 Å². The number of rotatable bonds is 11. The van der Waals surface area contributed by atoms with Crippen LogP contribution >= 0.6 is 0 Å². The first kappa shape index (κ1) is 20.6. The molecule has 7 N–H and O–H groups in total. The Labute approximate surface area is 123 Å². The number of aliphatic hydroxyl groups excluding tert-OH is 7. The van der Waals surface area contributed by atoms with Crippen LogP contribution in [0.1, 0.15) is 13.8 Å². The average Bonchev–Trinajstić information content (AvgIpc) is 2.47. The molecule has 0 aromatic rings. The van der Waals surface area contributed by atoms with E-state index in [0.717, 1.165) is 0 Å². The van der Waals surface area contributed by atoms with E-state index in [0.29, 0.717) is 0 Å². The molecule has 9 nitrogen and oxygen atoms in total. The van der Waals surface area contributed by atoms with Crippen LogP contribution in [0.3, 0.4) is 0 Å². The third-order valence-electron chi connectivity index (χ3n) is 2.80. The van der Waals surface area contributed by atoms with Crippen LogP contribution in [-0.2, 0) is 9.47 Å². The van der Waals surface area contributed by atoms with E-state index in [1.54, 1.807) is 0 Å². The van der Waals surface area contributed by atoms with Crippen molar-refractivity contribution in [1.29, 1.82) is 0 Å². The van der Waals surface area contributed by atoms with Crippen molar-refractivity contribution in [1.82, 2.24) is 0 Å². The van der Waals surface area contributed by atoms with Gasteiger partial charge >= 0.3 is 0 Å². The lowest BCUT2D eigenvalue weighted by molar-refractivity contribution is -0.246. The molecule has 0 spiro atoms. The van der Waals surface area contributed by atoms with Crippen LogP contribution in [0.15, 0.2) is 0 Å². The van der Waals surface area contributed by atoms with Crippen LogP contribution in [0.25, 0.3) is 0 Å². The fourth-order valence-electron chi connectivity index (χ4n) is 1.37. The molecule has 0 aliphatic heterocycles. The van der Waals surface area contributed by atoms with Crippen molar-refractivity contribution in [2.24, 2.45) is 0 Å². The van der Waals surface area contributed by atoms with Crippen LogP contribution in [-0.4, -0.2) is 98.5 Å². The Morgan fingerprint density at radius 3 is 1.81 bits per heavy atom. The smallest absolute Gasteiger partial charge is 0.186 e. The van der Waals surface area contributed by atoms with E-state index in [4.69, 9.17) is 19.7 Å². The fraction of sp³-hybridized carbons (Fsp3) is 1.00. The molecule has 0 radical (unpaired) electrons. The molecule has 0 amide bonds. The molecule has 0 aliphatic rings. The van der Waals surface area contributed by atoms with Crippen molar-refractivity contribution in [3.05, 3.63) is 0 Å². The Hall–Kier alpha value is -0.360. The van der Waals surface area contributed by atoms with Gasteiger partial charge in [-0.05, 0) is 13.8 Å². The molecule has 0 aliphatic carbocycles. The van der Waals surface area contributed by atoms with Gasteiger partial charge in [0.25, 0.3) is 0 Å². The summed E-state index contributed by atoms with van der Waals surface area (Å²) in [6, 6.07) is 0. The Kier molecular flexibility index (Phi) is 10.2. The number of ether oxygens (including phenoxy) is 2. The van der Waals surface area contributed by atoms with E-state index in [1.807, 2.05) is 0 Å². The number of aliphatic hydroxyl groups is 7. The predicted octanol–water partition coefficient (Wildman–Crippen LogP) is -3.46. The summed E-state index contributed by atoms with van der Waals surface area (Å²) in [5.74, 6) is 0. The second-order valence-corrected chi connectivity index (χ2v) is 4.87. The average molecular weight is 314 g/mol. The van der Waals surface area contributed by atoms with E-state index in [2.05, 4.69) is 0 Å². The van der Waals surface area contributed by atoms with E-state index >= 15 is 0 Å². The molecule has 0 bridgehead atoms. The number of hydrogen-bond acceptors (Lipinski definition) is 9. The molecule has 0 heterocycles. The van der Waals surface area contributed by atoms with Crippen LogP contribution in [0.5, 0.6) is 0 Å². The maximum Gasteiger partial charge on any atom is 0.186 e. The molecular formula is C12H26O9. The van der Waals surface area contributed by atoms with Gasteiger partial charge in [0.05, 0.1) is 32.0 Å². The zero-order chi connectivity index (χ0) is 16.6. The highest BCUT2D eigenvalue weighted by molar-refractivity contribution is 4.75. The summed E-state index contributed by atoms with van der Waals surface area (Å²) in [6.07, 6.45) is -9.38. The summed E-state index contributed by atoms with van der Waals surface area (Å²) >= 11 is 0. The highest BCUT2D eigenvalue weighted by Crippen LogP contribution is 2.11. The van der Waals surface area contributed by atoms with Crippen molar-refractivity contribution in [2.45, 2.75) is 56.8 Å². The van der Waals surface area contributed by atoms with Crippen molar-refractivity contribution in [3.63, 3.8) is 0 Å². The molecule has 3 unspecified atom stereocenters. The van der Waals surface area contributed by atoms with Gasteiger partial charge < -0.3 is 45.2 Å². The van der Waals surface area contributed by atoms with Crippen LogP contribution in [0.2, 0.25) is 0 Å². The highest BCUT2D eigenvalue weighted by Gasteiger charge is 2.30. The Morgan fingerprint density at radius 2 is 1.38 bits per heavy atom. The standard InChI is InChI=1S/C12H26O9/c1-6(3-13)21-12(10(18)7(2)15)20-5-9(17)11(19)8(16)4-14/h6-19H,3-5H2,1-2H3/t6?,7?,8?,9-,10+,11+,12-/m1/s1. The molecule has 0 saturated carbocycles. The monoisotopic (exact) mass is 314 g/mol. The van der Waals surface area contributed by atoms with Gasteiger partial charge in [0, 0.05) is 0 Å². The predicted molar refractivity (Wildman–Crippen MR) is 70.2 cm³/mol. The molecule has 128 valence electrons. The molecule has 0 rings (SSSR count). The van der Waals surface area contributed by atoms with Crippen LogP contribution in [0.4, 0.5) is 0 Å². The first-order chi connectivity index (χ1) is 9.74. The van der Waals surface area contributed by atoms with Crippen molar-refractivity contribution in [2.75, 3.05) is 19.8 Å². The minimum atomic E-state index is -1.64. The molecular weight excluding hydrogens is 288 g/mol. The van der Waals surface area contributed by atoms with Crippen molar-refractivity contribution in [3.8, 4) is 0 Å². The summed E-state index contributed by atoms with van der Waals surface area (Å²) in [6.45, 7) is 1.20. The van der Waals surface area contributed by atoms with Crippen LogP contribution < -0.4 is 0 Å². The SMILES string of the molecule is CC(CO)O[C@@H](OC[C@@H](O)[C@@H](O)C(O)CO)[C@@H](O)C(C)O. The minimum absolute atomic E-state index is 0.346. The van der Waals surface area contributed by atoms with E-state index in [1.165, 1.54) is 13.8 Å². The lowest BCUT2D eigenvalue weighted by atomic mass is 10.1. The largest absolute Gasteiger partial charge is 0.394 e. The zero-order valence-corrected chi connectivity index (χ0v) is 12.1. The van der Waals surface area contributed by atoms with Gasteiger partial charge in [-0.15, -0.1) is 0 Å². The third-order valence-corrected chi connectivity index (χ3v) is 2.80. The van der Waals surface area contributed by atoms with Crippen molar-refractivity contribution >= 4 is 0 Å².